The molecule has 0 aromatic heterocycles. The molecule has 0 spiro atoms. The van der Waals surface area contributed by atoms with Crippen molar-refractivity contribution in [3.8, 4) is 11.1 Å². The molecule has 0 unspecified atom stereocenters. The number of carbonyl (C=O) groups excluding carboxylic acids is 1. The molecule has 1 saturated heterocycles. The van der Waals surface area contributed by atoms with Gasteiger partial charge in [-0.25, -0.2) is 0 Å². The Morgan fingerprint density at radius 3 is 2.36 bits per heavy atom. The Kier molecular flexibility index (Phi) is 7.27. The average molecular weight is 442 g/mol. The molecule has 33 heavy (non-hydrogen) atoms. The van der Waals surface area contributed by atoms with Gasteiger partial charge in [0, 0.05) is 30.4 Å². The standard InChI is InChI=1S/C27H27N3O3/c31-27(28-25-13-10-22(11-14-25)20-29-16-2-1-3-17-29)15-12-21-6-4-7-23(18-21)24-8-5-9-26(19-24)30(32)33/h4-15,18-19H,1-3,16-17,20H2,(H,28,31). The summed E-state index contributed by atoms with van der Waals surface area (Å²) in [5.74, 6) is -0.209. The van der Waals surface area contributed by atoms with E-state index in [9.17, 15) is 14.9 Å². The van der Waals surface area contributed by atoms with E-state index in [2.05, 4.69) is 22.3 Å². The molecule has 6 heteroatoms. The van der Waals surface area contributed by atoms with Crippen molar-refractivity contribution in [2.75, 3.05) is 18.4 Å². The second kappa shape index (κ2) is 10.7. The van der Waals surface area contributed by atoms with Crippen molar-refractivity contribution < 1.29 is 9.72 Å². The number of anilines is 1. The summed E-state index contributed by atoms with van der Waals surface area (Å²) in [5.41, 5.74) is 4.51. The van der Waals surface area contributed by atoms with Gasteiger partial charge < -0.3 is 5.32 Å². The lowest BCUT2D eigenvalue weighted by Crippen LogP contribution is -2.29. The van der Waals surface area contributed by atoms with Crippen LogP contribution in [0.1, 0.15) is 30.4 Å². The van der Waals surface area contributed by atoms with E-state index in [0.29, 0.717) is 0 Å². The van der Waals surface area contributed by atoms with Crippen LogP contribution in [0.25, 0.3) is 17.2 Å². The first-order valence-corrected chi connectivity index (χ1v) is 11.2. The monoisotopic (exact) mass is 441 g/mol. The van der Waals surface area contributed by atoms with Gasteiger partial charge in [0.05, 0.1) is 4.92 Å². The predicted octanol–water partition coefficient (Wildman–Crippen LogP) is 5.90. The maximum atomic E-state index is 12.4. The van der Waals surface area contributed by atoms with Gasteiger partial charge in [0.2, 0.25) is 5.91 Å². The van der Waals surface area contributed by atoms with E-state index in [1.807, 2.05) is 42.5 Å². The molecule has 1 aliphatic rings. The molecular weight excluding hydrogens is 414 g/mol. The van der Waals surface area contributed by atoms with E-state index in [0.717, 1.165) is 42.0 Å². The zero-order valence-electron chi connectivity index (χ0n) is 18.4. The van der Waals surface area contributed by atoms with E-state index in [-0.39, 0.29) is 11.6 Å². The van der Waals surface area contributed by atoms with Crippen molar-refractivity contribution in [1.29, 1.82) is 0 Å². The van der Waals surface area contributed by atoms with Gasteiger partial charge in [0.1, 0.15) is 0 Å². The van der Waals surface area contributed by atoms with Gasteiger partial charge in [-0.15, -0.1) is 0 Å². The number of nitro groups is 1. The molecule has 3 aromatic rings. The Hall–Kier alpha value is -3.77. The Balaban J connectivity index is 1.36. The molecule has 0 radical (unpaired) electrons. The minimum atomic E-state index is -0.405. The normalized spacial score (nSPS) is 14.3. The minimum Gasteiger partial charge on any atom is -0.323 e. The third-order valence-corrected chi connectivity index (χ3v) is 5.78. The van der Waals surface area contributed by atoms with Crippen LogP contribution in [-0.2, 0) is 11.3 Å². The number of amides is 1. The summed E-state index contributed by atoms with van der Waals surface area (Å²) >= 11 is 0. The van der Waals surface area contributed by atoms with Crippen molar-refractivity contribution in [3.63, 3.8) is 0 Å². The molecule has 1 fully saturated rings. The zero-order chi connectivity index (χ0) is 23.0. The highest BCUT2D eigenvalue weighted by Gasteiger charge is 2.10. The summed E-state index contributed by atoms with van der Waals surface area (Å²) in [6.07, 6.45) is 7.10. The molecule has 1 aliphatic heterocycles. The molecular formula is C27H27N3O3. The molecule has 0 aliphatic carbocycles. The van der Waals surface area contributed by atoms with Crippen LogP contribution in [-0.4, -0.2) is 28.8 Å². The lowest BCUT2D eigenvalue weighted by Gasteiger charge is -2.26. The quantitative estimate of drug-likeness (QED) is 0.281. The first kappa shape index (κ1) is 22.4. The minimum absolute atomic E-state index is 0.0507. The molecule has 1 heterocycles. The van der Waals surface area contributed by atoms with Crippen LogP contribution in [0, 0.1) is 10.1 Å². The average Bonchev–Trinajstić information content (AvgIpc) is 2.85. The number of hydrogen-bond donors (Lipinski definition) is 1. The number of likely N-dealkylation sites (tertiary alicyclic amines) is 1. The first-order chi connectivity index (χ1) is 16.1. The third-order valence-electron chi connectivity index (χ3n) is 5.78. The number of nitrogens with one attached hydrogen (secondary N) is 1. The Labute approximate surface area is 193 Å². The van der Waals surface area contributed by atoms with Gasteiger partial charge >= 0.3 is 0 Å². The maximum absolute atomic E-state index is 12.4. The van der Waals surface area contributed by atoms with E-state index in [1.54, 1.807) is 18.2 Å². The van der Waals surface area contributed by atoms with Crippen LogP contribution in [0.2, 0.25) is 0 Å². The third kappa shape index (κ3) is 6.37. The smallest absolute Gasteiger partial charge is 0.270 e. The Morgan fingerprint density at radius 1 is 0.939 bits per heavy atom. The molecule has 6 nitrogen and oxygen atoms in total. The summed E-state index contributed by atoms with van der Waals surface area (Å²) in [6, 6.07) is 22.1. The first-order valence-electron chi connectivity index (χ1n) is 11.2. The number of nitro benzene ring substituents is 1. The summed E-state index contributed by atoms with van der Waals surface area (Å²) in [6.45, 7) is 3.27. The fourth-order valence-electron chi connectivity index (χ4n) is 4.05. The molecule has 4 rings (SSSR count). The van der Waals surface area contributed by atoms with Gasteiger partial charge in [0.25, 0.3) is 5.69 Å². The summed E-state index contributed by atoms with van der Waals surface area (Å²) < 4.78 is 0. The number of piperidine rings is 1. The lowest BCUT2D eigenvalue weighted by molar-refractivity contribution is -0.384. The van der Waals surface area contributed by atoms with Crippen LogP contribution < -0.4 is 5.32 Å². The summed E-state index contributed by atoms with van der Waals surface area (Å²) in [4.78, 5) is 25.5. The number of carbonyl (C=O) groups is 1. The molecule has 1 amide bonds. The van der Waals surface area contributed by atoms with E-state index in [4.69, 9.17) is 0 Å². The van der Waals surface area contributed by atoms with Crippen molar-refractivity contribution in [2.45, 2.75) is 25.8 Å². The van der Waals surface area contributed by atoms with Gasteiger partial charge in [-0.05, 0) is 72.5 Å². The number of rotatable bonds is 7. The van der Waals surface area contributed by atoms with Crippen LogP contribution in [0.15, 0.2) is 78.9 Å². The van der Waals surface area contributed by atoms with Crippen molar-refractivity contribution in [1.82, 2.24) is 4.90 Å². The van der Waals surface area contributed by atoms with E-state index < -0.39 is 4.92 Å². The molecule has 168 valence electrons. The predicted molar refractivity (Wildman–Crippen MR) is 132 cm³/mol. The molecule has 1 N–H and O–H groups in total. The summed E-state index contributed by atoms with van der Waals surface area (Å²) in [7, 11) is 0. The second-order valence-electron chi connectivity index (χ2n) is 8.29. The van der Waals surface area contributed by atoms with Gasteiger partial charge in [0.15, 0.2) is 0 Å². The molecule has 3 aromatic carbocycles. The fourth-order valence-corrected chi connectivity index (χ4v) is 4.05. The molecule has 0 bridgehead atoms. The van der Waals surface area contributed by atoms with E-state index in [1.165, 1.54) is 37.0 Å². The number of non-ortho nitro benzene ring substituents is 1. The topological polar surface area (TPSA) is 75.5 Å². The van der Waals surface area contributed by atoms with Gasteiger partial charge in [-0.1, -0.05) is 48.9 Å². The Bertz CT molecular complexity index is 1150. The van der Waals surface area contributed by atoms with Crippen molar-refractivity contribution in [2.24, 2.45) is 0 Å². The van der Waals surface area contributed by atoms with Crippen molar-refractivity contribution >= 4 is 23.4 Å². The van der Waals surface area contributed by atoms with Crippen LogP contribution in [0.4, 0.5) is 11.4 Å². The second-order valence-corrected chi connectivity index (χ2v) is 8.29. The number of hydrogen-bond acceptors (Lipinski definition) is 4. The Morgan fingerprint density at radius 2 is 1.64 bits per heavy atom. The highest BCUT2D eigenvalue weighted by atomic mass is 16.6. The number of nitrogens with zero attached hydrogens (tertiary/aromatic N) is 2. The molecule has 0 saturated carbocycles. The lowest BCUT2D eigenvalue weighted by atomic mass is 10.0. The molecule has 0 atom stereocenters. The van der Waals surface area contributed by atoms with Crippen LogP contribution >= 0.6 is 0 Å². The SMILES string of the molecule is O=C(C=Cc1cccc(-c2cccc([N+](=O)[O-])c2)c1)Nc1ccc(CN2CCCCC2)cc1. The van der Waals surface area contributed by atoms with E-state index >= 15 is 0 Å². The highest BCUT2D eigenvalue weighted by Crippen LogP contribution is 2.25. The number of benzene rings is 3. The van der Waals surface area contributed by atoms with Gasteiger partial charge in [-0.3, -0.25) is 19.8 Å². The van der Waals surface area contributed by atoms with Crippen molar-refractivity contribution in [3.05, 3.63) is 100 Å². The van der Waals surface area contributed by atoms with Crippen LogP contribution in [0.3, 0.4) is 0 Å². The largest absolute Gasteiger partial charge is 0.323 e. The summed E-state index contributed by atoms with van der Waals surface area (Å²) in [5, 5.41) is 13.9. The van der Waals surface area contributed by atoms with Crippen LogP contribution in [0.5, 0.6) is 0 Å². The zero-order valence-corrected chi connectivity index (χ0v) is 18.4. The maximum Gasteiger partial charge on any atom is 0.270 e. The van der Waals surface area contributed by atoms with Gasteiger partial charge in [-0.2, -0.15) is 0 Å². The fraction of sp³-hybridized carbons (Fsp3) is 0.222. The highest BCUT2D eigenvalue weighted by molar-refractivity contribution is 6.02.